The van der Waals surface area contributed by atoms with Gasteiger partial charge in [-0.05, 0) is 34.7 Å². The molecule has 0 aliphatic carbocycles. The first-order valence-electron chi connectivity index (χ1n) is 8.26. The first kappa shape index (κ1) is 18.0. The van der Waals surface area contributed by atoms with Crippen molar-refractivity contribution in [3.05, 3.63) is 65.2 Å². The van der Waals surface area contributed by atoms with Crippen LogP contribution in [0, 0.1) is 0 Å². The van der Waals surface area contributed by atoms with Crippen LogP contribution < -0.4 is 10.1 Å². The first-order valence-corrected chi connectivity index (χ1v) is 8.26. The van der Waals surface area contributed by atoms with Crippen molar-refractivity contribution >= 4 is 5.91 Å². The van der Waals surface area contributed by atoms with Crippen LogP contribution in [0.4, 0.5) is 0 Å². The average Bonchev–Trinajstić information content (AvgIpc) is 2.59. The zero-order valence-corrected chi connectivity index (χ0v) is 14.3. The summed E-state index contributed by atoms with van der Waals surface area (Å²) in [6.07, 6.45) is 0.303. The molecular weight excluding hydrogens is 302 g/mol. The molecule has 1 amide bonds. The van der Waals surface area contributed by atoms with E-state index in [0.29, 0.717) is 18.9 Å². The normalized spacial score (nSPS) is 10.7. The highest BCUT2D eigenvalue weighted by Crippen LogP contribution is 2.17. The third-order valence-corrected chi connectivity index (χ3v) is 3.77. The summed E-state index contributed by atoms with van der Waals surface area (Å²) in [5.41, 5.74) is 3.37. The van der Waals surface area contributed by atoms with Crippen LogP contribution in [-0.2, 0) is 17.8 Å². The molecule has 4 heteroatoms. The van der Waals surface area contributed by atoms with E-state index in [4.69, 9.17) is 9.84 Å². The number of hydrogen-bond donors (Lipinski definition) is 2. The maximum atomic E-state index is 11.6. The predicted molar refractivity (Wildman–Crippen MR) is 95.1 cm³/mol. The number of ether oxygens (including phenoxy) is 1. The van der Waals surface area contributed by atoms with Gasteiger partial charge in [0, 0.05) is 6.54 Å². The first-order chi connectivity index (χ1) is 11.6. The number of carbonyl (C=O) groups excluding carboxylic acids is 1. The second-order valence-electron chi connectivity index (χ2n) is 6.08. The van der Waals surface area contributed by atoms with Gasteiger partial charge in [-0.25, -0.2) is 0 Å². The van der Waals surface area contributed by atoms with Gasteiger partial charge < -0.3 is 15.2 Å². The Morgan fingerprint density at radius 3 is 2.25 bits per heavy atom. The lowest BCUT2D eigenvalue weighted by atomic mass is 10.0. The largest absolute Gasteiger partial charge is 0.489 e. The molecule has 0 bridgehead atoms. The van der Waals surface area contributed by atoms with Gasteiger partial charge in [0.05, 0.1) is 13.0 Å². The molecule has 4 nitrogen and oxygen atoms in total. The summed E-state index contributed by atoms with van der Waals surface area (Å²) < 4.78 is 5.78. The van der Waals surface area contributed by atoms with Crippen molar-refractivity contribution in [2.45, 2.75) is 32.8 Å². The minimum atomic E-state index is -0.0945. The van der Waals surface area contributed by atoms with Gasteiger partial charge in [-0.3, -0.25) is 4.79 Å². The van der Waals surface area contributed by atoms with E-state index in [1.807, 2.05) is 24.3 Å². The molecule has 2 rings (SSSR count). The summed E-state index contributed by atoms with van der Waals surface area (Å²) >= 11 is 0. The summed E-state index contributed by atoms with van der Waals surface area (Å²) in [5.74, 6) is 1.22. The third-order valence-electron chi connectivity index (χ3n) is 3.77. The number of carbonyl (C=O) groups is 1. The van der Waals surface area contributed by atoms with E-state index in [2.05, 4.69) is 43.4 Å². The lowest BCUT2D eigenvalue weighted by Gasteiger charge is -2.09. The van der Waals surface area contributed by atoms with Crippen molar-refractivity contribution in [1.82, 2.24) is 5.32 Å². The molecule has 0 spiro atoms. The van der Waals surface area contributed by atoms with Crippen molar-refractivity contribution in [1.29, 1.82) is 0 Å². The minimum Gasteiger partial charge on any atom is -0.489 e. The van der Waals surface area contributed by atoms with Gasteiger partial charge in [0.2, 0.25) is 5.91 Å². The number of nitrogens with one attached hydrogen (secondary N) is 1. The molecule has 0 unspecified atom stereocenters. The van der Waals surface area contributed by atoms with Crippen LogP contribution in [0.15, 0.2) is 48.5 Å². The van der Waals surface area contributed by atoms with Crippen LogP contribution >= 0.6 is 0 Å². The molecule has 2 aromatic rings. The second kappa shape index (κ2) is 9.08. The zero-order chi connectivity index (χ0) is 17.4. The van der Waals surface area contributed by atoms with Gasteiger partial charge in [0.25, 0.3) is 0 Å². The molecule has 0 fully saturated rings. The number of aliphatic hydroxyl groups is 1. The Hall–Kier alpha value is -2.33. The van der Waals surface area contributed by atoms with Crippen molar-refractivity contribution < 1.29 is 14.6 Å². The van der Waals surface area contributed by atoms with Crippen molar-refractivity contribution in [3.63, 3.8) is 0 Å². The molecule has 24 heavy (non-hydrogen) atoms. The summed E-state index contributed by atoms with van der Waals surface area (Å²) in [6, 6.07) is 16.0. The highest BCUT2D eigenvalue weighted by Gasteiger charge is 2.04. The van der Waals surface area contributed by atoms with Gasteiger partial charge in [-0.2, -0.15) is 0 Å². The van der Waals surface area contributed by atoms with E-state index in [0.717, 1.165) is 16.9 Å². The maximum Gasteiger partial charge on any atom is 0.224 e. The van der Waals surface area contributed by atoms with E-state index in [1.54, 1.807) is 0 Å². The highest BCUT2D eigenvalue weighted by molar-refractivity contribution is 5.78. The molecule has 0 aromatic heterocycles. The van der Waals surface area contributed by atoms with Crippen LogP contribution in [0.3, 0.4) is 0 Å². The summed E-state index contributed by atoms with van der Waals surface area (Å²) in [5, 5.41) is 11.3. The van der Waals surface area contributed by atoms with Crippen molar-refractivity contribution in [2.24, 2.45) is 0 Å². The number of hydrogen-bond acceptors (Lipinski definition) is 3. The fraction of sp³-hybridized carbons (Fsp3) is 0.350. The van der Waals surface area contributed by atoms with Gasteiger partial charge in [0.1, 0.15) is 12.4 Å². The predicted octanol–water partition coefficient (Wildman–Crippen LogP) is 3.04. The zero-order valence-electron chi connectivity index (χ0n) is 14.3. The molecule has 0 heterocycles. The Labute approximate surface area is 143 Å². The smallest absolute Gasteiger partial charge is 0.224 e. The van der Waals surface area contributed by atoms with Gasteiger partial charge in [-0.15, -0.1) is 0 Å². The summed E-state index contributed by atoms with van der Waals surface area (Å²) in [6.45, 7) is 5.12. The number of aliphatic hydroxyl groups excluding tert-OH is 1. The van der Waals surface area contributed by atoms with E-state index in [-0.39, 0.29) is 19.1 Å². The van der Waals surface area contributed by atoms with E-state index >= 15 is 0 Å². The standard InChI is InChI=1S/C20H25NO3/c1-15(2)18-7-3-17(4-8-18)14-24-19-9-5-16(6-10-19)13-20(23)21-11-12-22/h3-10,15,22H,11-14H2,1-2H3,(H,21,23). The molecule has 128 valence electrons. The van der Waals surface area contributed by atoms with Crippen LogP contribution in [-0.4, -0.2) is 24.2 Å². The minimum absolute atomic E-state index is 0.0450. The molecule has 0 radical (unpaired) electrons. The monoisotopic (exact) mass is 327 g/mol. The Bertz CT molecular complexity index is 633. The van der Waals surface area contributed by atoms with Gasteiger partial charge >= 0.3 is 0 Å². The van der Waals surface area contributed by atoms with Crippen LogP contribution in [0.25, 0.3) is 0 Å². The molecule has 0 saturated carbocycles. The molecule has 2 N–H and O–H groups in total. The summed E-state index contributed by atoms with van der Waals surface area (Å²) in [7, 11) is 0. The number of amides is 1. The van der Waals surface area contributed by atoms with Gasteiger partial charge in [0.15, 0.2) is 0 Å². The summed E-state index contributed by atoms with van der Waals surface area (Å²) in [4.78, 5) is 11.6. The highest BCUT2D eigenvalue weighted by atomic mass is 16.5. The fourth-order valence-corrected chi connectivity index (χ4v) is 2.31. The lowest BCUT2D eigenvalue weighted by Crippen LogP contribution is -2.27. The van der Waals surface area contributed by atoms with Crippen LogP contribution in [0.2, 0.25) is 0 Å². The molecular formula is C20H25NO3. The Kier molecular flexibility index (Phi) is 6.82. The average molecular weight is 327 g/mol. The molecule has 2 aromatic carbocycles. The SMILES string of the molecule is CC(C)c1ccc(COc2ccc(CC(=O)NCCO)cc2)cc1. The van der Waals surface area contributed by atoms with Crippen LogP contribution in [0.1, 0.15) is 36.5 Å². The van der Waals surface area contributed by atoms with Crippen molar-refractivity contribution in [2.75, 3.05) is 13.2 Å². The Morgan fingerprint density at radius 2 is 1.67 bits per heavy atom. The second-order valence-corrected chi connectivity index (χ2v) is 6.08. The number of benzene rings is 2. The lowest BCUT2D eigenvalue weighted by molar-refractivity contribution is -0.120. The molecule has 0 atom stereocenters. The Balaban J connectivity index is 1.84. The van der Waals surface area contributed by atoms with Gasteiger partial charge in [-0.1, -0.05) is 50.2 Å². The van der Waals surface area contributed by atoms with E-state index < -0.39 is 0 Å². The van der Waals surface area contributed by atoms with E-state index in [1.165, 1.54) is 5.56 Å². The molecule has 0 aliphatic heterocycles. The molecule has 0 saturated heterocycles. The number of rotatable bonds is 8. The maximum absolute atomic E-state index is 11.6. The van der Waals surface area contributed by atoms with Crippen LogP contribution in [0.5, 0.6) is 5.75 Å². The topological polar surface area (TPSA) is 58.6 Å². The molecule has 0 aliphatic rings. The third kappa shape index (κ3) is 5.70. The Morgan fingerprint density at radius 1 is 1.04 bits per heavy atom. The van der Waals surface area contributed by atoms with Crippen molar-refractivity contribution in [3.8, 4) is 5.75 Å². The van der Waals surface area contributed by atoms with E-state index in [9.17, 15) is 4.79 Å². The quantitative estimate of drug-likeness (QED) is 0.783. The fourth-order valence-electron chi connectivity index (χ4n) is 2.31.